The maximum Gasteiger partial charge on any atom is 0.326 e. The van der Waals surface area contributed by atoms with Crippen LogP contribution in [0, 0.1) is 5.92 Å². The second-order valence-corrected chi connectivity index (χ2v) is 7.00. The highest BCUT2D eigenvalue weighted by Gasteiger charge is 2.26. The maximum atomic E-state index is 12.3. The molecule has 0 aliphatic rings. The number of nitrogens with two attached hydrogens (primary N) is 1. The topological polar surface area (TPSA) is 225 Å². The Bertz CT molecular complexity index is 666. The van der Waals surface area contributed by atoms with Crippen LogP contribution in [0.3, 0.4) is 0 Å². The lowest BCUT2D eigenvalue weighted by molar-refractivity contribution is -0.142. The molecule has 8 N–H and O–H groups in total. The minimum absolute atomic E-state index is 0.00777. The van der Waals surface area contributed by atoms with Crippen molar-refractivity contribution in [2.24, 2.45) is 11.7 Å². The van der Waals surface area contributed by atoms with Crippen molar-refractivity contribution >= 4 is 35.6 Å². The molecule has 0 aliphatic heterocycles. The van der Waals surface area contributed by atoms with E-state index >= 15 is 0 Å². The van der Waals surface area contributed by atoms with Gasteiger partial charge in [0.2, 0.25) is 17.7 Å². The first-order chi connectivity index (χ1) is 13.8. The van der Waals surface area contributed by atoms with Gasteiger partial charge in [-0.05, 0) is 18.8 Å². The lowest BCUT2D eigenvalue weighted by Crippen LogP contribution is -2.54. The van der Waals surface area contributed by atoms with Crippen LogP contribution in [-0.2, 0) is 28.8 Å². The molecular formula is C17H28N4O9. The van der Waals surface area contributed by atoms with Gasteiger partial charge in [-0.3, -0.25) is 24.0 Å². The molecule has 0 aromatic rings. The van der Waals surface area contributed by atoms with Gasteiger partial charge in [0.15, 0.2) is 0 Å². The molecule has 0 fully saturated rings. The summed E-state index contributed by atoms with van der Waals surface area (Å²) in [6, 6.07) is -3.99. The van der Waals surface area contributed by atoms with Crippen molar-refractivity contribution in [1.29, 1.82) is 0 Å². The van der Waals surface area contributed by atoms with Crippen LogP contribution in [0.25, 0.3) is 0 Å². The Labute approximate surface area is 172 Å². The SMILES string of the molecule is CC(C)CC(NC(=O)CNC(=O)C(CCC(=O)O)NC(=O)C(N)CC(=O)O)C(=O)O. The van der Waals surface area contributed by atoms with Crippen LogP contribution in [0.15, 0.2) is 0 Å². The monoisotopic (exact) mass is 432 g/mol. The molecule has 0 saturated carbocycles. The first kappa shape index (κ1) is 26.8. The minimum Gasteiger partial charge on any atom is -0.481 e. The molecule has 30 heavy (non-hydrogen) atoms. The van der Waals surface area contributed by atoms with Crippen molar-refractivity contribution in [3.8, 4) is 0 Å². The summed E-state index contributed by atoms with van der Waals surface area (Å²) in [6.45, 7) is 2.94. The number of amides is 3. The summed E-state index contributed by atoms with van der Waals surface area (Å²) in [5, 5.41) is 33.1. The molecule has 0 rings (SSSR count). The summed E-state index contributed by atoms with van der Waals surface area (Å²) < 4.78 is 0. The number of carbonyl (C=O) groups is 6. The number of carbonyl (C=O) groups excluding carboxylic acids is 3. The molecule has 0 aromatic carbocycles. The Kier molecular flexibility index (Phi) is 11.7. The summed E-state index contributed by atoms with van der Waals surface area (Å²) in [6.07, 6.45) is -1.35. The third-order valence-electron chi connectivity index (χ3n) is 3.77. The van der Waals surface area contributed by atoms with Gasteiger partial charge >= 0.3 is 17.9 Å². The van der Waals surface area contributed by atoms with E-state index in [0.717, 1.165) is 0 Å². The Morgan fingerprint density at radius 3 is 1.93 bits per heavy atom. The van der Waals surface area contributed by atoms with E-state index in [1.165, 1.54) is 0 Å². The second-order valence-electron chi connectivity index (χ2n) is 7.00. The number of hydrogen-bond donors (Lipinski definition) is 7. The highest BCUT2D eigenvalue weighted by Crippen LogP contribution is 2.05. The van der Waals surface area contributed by atoms with Crippen molar-refractivity contribution in [3.63, 3.8) is 0 Å². The van der Waals surface area contributed by atoms with Crippen LogP contribution in [0.4, 0.5) is 0 Å². The third-order valence-corrected chi connectivity index (χ3v) is 3.77. The second kappa shape index (κ2) is 13.1. The molecule has 13 heteroatoms. The predicted octanol–water partition coefficient (Wildman–Crippen LogP) is -2.13. The molecule has 3 atom stereocenters. The molecule has 3 amide bonds. The smallest absolute Gasteiger partial charge is 0.326 e. The molecule has 0 spiro atoms. The molecule has 13 nitrogen and oxygen atoms in total. The zero-order valence-corrected chi connectivity index (χ0v) is 16.7. The summed E-state index contributed by atoms with van der Waals surface area (Å²) >= 11 is 0. The number of carboxylic acid groups (broad SMARTS) is 3. The Balaban J connectivity index is 4.92. The number of aliphatic carboxylic acids is 3. The lowest BCUT2D eigenvalue weighted by atomic mass is 10.0. The summed E-state index contributed by atoms with van der Waals surface area (Å²) in [5.74, 6) is -6.49. The van der Waals surface area contributed by atoms with Crippen molar-refractivity contribution in [1.82, 2.24) is 16.0 Å². The van der Waals surface area contributed by atoms with E-state index in [1.807, 2.05) is 0 Å². The fraction of sp³-hybridized carbons (Fsp3) is 0.647. The van der Waals surface area contributed by atoms with E-state index in [0.29, 0.717) is 0 Å². The van der Waals surface area contributed by atoms with Crippen molar-refractivity contribution in [2.45, 2.75) is 57.7 Å². The molecule has 3 unspecified atom stereocenters. The minimum atomic E-state index is -1.46. The largest absolute Gasteiger partial charge is 0.481 e. The number of nitrogens with one attached hydrogen (secondary N) is 3. The third kappa shape index (κ3) is 11.6. The standard InChI is InChI=1S/C17H28N4O9/c1-8(2)5-11(17(29)30)20-12(22)7-19-16(28)10(3-4-13(23)24)21-15(27)9(18)6-14(25)26/h8-11H,3-7,18H2,1-2H3,(H,19,28)(H,20,22)(H,21,27)(H,23,24)(H,25,26)(H,29,30). The molecule has 170 valence electrons. The van der Waals surface area contributed by atoms with Gasteiger partial charge in [-0.1, -0.05) is 13.8 Å². The van der Waals surface area contributed by atoms with E-state index in [-0.39, 0.29) is 18.8 Å². The van der Waals surface area contributed by atoms with Gasteiger partial charge in [0.1, 0.15) is 12.1 Å². The van der Waals surface area contributed by atoms with Crippen molar-refractivity contribution in [2.75, 3.05) is 6.54 Å². The van der Waals surface area contributed by atoms with Crippen LogP contribution in [0.5, 0.6) is 0 Å². The number of hydrogen-bond acceptors (Lipinski definition) is 7. The Hall–Kier alpha value is -3.22. The molecule has 0 heterocycles. The van der Waals surface area contributed by atoms with Gasteiger partial charge in [0.25, 0.3) is 0 Å². The predicted molar refractivity (Wildman–Crippen MR) is 101 cm³/mol. The van der Waals surface area contributed by atoms with Gasteiger partial charge in [0.05, 0.1) is 19.0 Å². The van der Waals surface area contributed by atoms with Crippen LogP contribution < -0.4 is 21.7 Å². The molecule has 0 aromatic heterocycles. The van der Waals surface area contributed by atoms with Crippen molar-refractivity contribution < 1.29 is 44.1 Å². The van der Waals surface area contributed by atoms with Crippen LogP contribution in [-0.4, -0.2) is 75.6 Å². The zero-order chi connectivity index (χ0) is 23.4. The van der Waals surface area contributed by atoms with Gasteiger partial charge < -0.3 is 37.0 Å². The summed E-state index contributed by atoms with van der Waals surface area (Å²) in [4.78, 5) is 68.7. The fourth-order valence-corrected chi connectivity index (χ4v) is 2.33. The average molecular weight is 432 g/mol. The van der Waals surface area contributed by atoms with Gasteiger partial charge in [-0.2, -0.15) is 0 Å². The number of rotatable bonds is 14. The van der Waals surface area contributed by atoms with E-state index in [4.69, 9.17) is 21.1 Å². The quantitative estimate of drug-likeness (QED) is 0.158. The van der Waals surface area contributed by atoms with E-state index in [9.17, 15) is 28.8 Å². The van der Waals surface area contributed by atoms with Gasteiger partial charge in [-0.25, -0.2) is 4.79 Å². The molecule has 0 aliphatic carbocycles. The van der Waals surface area contributed by atoms with E-state index in [2.05, 4.69) is 16.0 Å². The van der Waals surface area contributed by atoms with Crippen LogP contribution in [0.1, 0.15) is 39.5 Å². The first-order valence-corrected chi connectivity index (χ1v) is 9.12. The molecule has 0 bridgehead atoms. The van der Waals surface area contributed by atoms with Gasteiger partial charge in [0, 0.05) is 6.42 Å². The van der Waals surface area contributed by atoms with Gasteiger partial charge in [-0.15, -0.1) is 0 Å². The molecule has 0 saturated heterocycles. The summed E-state index contributed by atoms with van der Waals surface area (Å²) in [5.41, 5.74) is 5.41. The average Bonchev–Trinajstić information content (AvgIpc) is 2.61. The zero-order valence-electron chi connectivity index (χ0n) is 16.7. The maximum absolute atomic E-state index is 12.3. The normalized spacial score (nSPS) is 13.6. The van der Waals surface area contributed by atoms with Crippen molar-refractivity contribution in [3.05, 3.63) is 0 Å². The highest BCUT2D eigenvalue weighted by atomic mass is 16.4. The number of carboxylic acids is 3. The Morgan fingerprint density at radius 2 is 1.47 bits per heavy atom. The first-order valence-electron chi connectivity index (χ1n) is 9.12. The highest BCUT2D eigenvalue weighted by molar-refractivity contribution is 5.93. The van der Waals surface area contributed by atoms with E-state index in [1.54, 1.807) is 13.8 Å². The van der Waals surface area contributed by atoms with Crippen LogP contribution >= 0.6 is 0 Å². The lowest BCUT2D eigenvalue weighted by Gasteiger charge is -2.20. The van der Waals surface area contributed by atoms with E-state index < -0.39 is 73.1 Å². The molecular weight excluding hydrogens is 404 g/mol. The Morgan fingerprint density at radius 1 is 0.867 bits per heavy atom. The molecule has 0 radical (unpaired) electrons. The fourth-order valence-electron chi connectivity index (χ4n) is 2.33. The van der Waals surface area contributed by atoms with Crippen LogP contribution in [0.2, 0.25) is 0 Å². The summed E-state index contributed by atoms with van der Waals surface area (Å²) in [7, 11) is 0.